The molecule has 2 N–H and O–H groups in total. The lowest BCUT2D eigenvalue weighted by Gasteiger charge is -2.12. The van der Waals surface area contributed by atoms with E-state index in [1.165, 1.54) is 4.88 Å². The van der Waals surface area contributed by atoms with Crippen molar-refractivity contribution in [3.63, 3.8) is 0 Å². The van der Waals surface area contributed by atoms with Crippen molar-refractivity contribution in [3.8, 4) is 0 Å². The van der Waals surface area contributed by atoms with Crippen LogP contribution in [-0.4, -0.2) is 4.98 Å². The second kappa shape index (κ2) is 5.93. The van der Waals surface area contributed by atoms with Crippen LogP contribution >= 0.6 is 59.1 Å². The zero-order valence-electron chi connectivity index (χ0n) is 8.66. The molecule has 0 aromatic carbocycles. The second-order valence-electron chi connectivity index (χ2n) is 3.52. The van der Waals surface area contributed by atoms with Gasteiger partial charge in [0.1, 0.15) is 0 Å². The number of nitrogens with two attached hydrogens (primary N) is 1. The van der Waals surface area contributed by atoms with Gasteiger partial charge in [0.2, 0.25) is 0 Å². The summed E-state index contributed by atoms with van der Waals surface area (Å²) in [6.45, 7) is 0. The fraction of sp³-hybridized carbons (Fsp3) is 0.182. The Hall–Kier alpha value is 0.250. The molecule has 0 amide bonds. The maximum Gasteiger partial charge on any atom is 0.0717 e. The molecule has 17 heavy (non-hydrogen) atoms. The number of thiophene rings is 1. The van der Waals surface area contributed by atoms with E-state index in [2.05, 4.69) is 58.2 Å². The highest BCUT2D eigenvalue weighted by molar-refractivity contribution is 9.11. The Bertz CT molecular complexity index is 527. The minimum Gasteiger partial charge on any atom is -0.322 e. The van der Waals surface area contributed by atoms with Crippen molar-refractivity contribution in [3.05, 3.63) is 47.7 Å². The predicted octanol–water partition coefficient (Wildman–Crippen LogP) is 4.67. The lowest BCUT2D eigenvalue weighted by molar-refractivity contribution is 0.697. The number of nitrogens with zero attached hydrogens (tertiary/aromatic N) is 1. The zero-order chi connectivity index (χ0) is 12.4. The van der Waals surface area contributed by atoms with Crippen molar-refractivity contribution in [1.29, 1.82) is 0 Å². The third kappa shape index (κ3) is 3.38. The first-order chi connectivity index (χ1) is 8.08. The van der Waals surface area contributed by atoms with Crippen LogP contribution in [0.25, 0.3) is 0 Å². The van der Waals surface area contributed by atoms with Gasteiger partial charge in [-0.05, 0) is 65.3 Å². The Labute approximate surface area is 129 Å². The van der Waals surface area contributed by atoms with Crippen LogP contribution in [-0.2, 0) is 6.42 Å². The van der Waals surface area contributed by atoms with E-state index in [1.807, 2.05) is 12.1 Å². The molecule has 1 unspecified atom stereocenters. The molecule has 0 aliphatic rings. The number of hydrogen-bond acceptors (Lipinski definition) is 3. The normalized spacial score (nSPS) is 12.7. The van der Waals surface area contributed by atoms with Crippen LogP contribution in [0.5, 0.6) is 0 Å². The third-order valence-corrected chi connectivity index (χ3v) is 5.30. The highest BCUT2D eigenvalue weighted by atomic mass is 79.9. The van der Waals surface area contributed by atoms with Gasteiger partial charge in [0.25, 0.3) is 0 Å². The van der Waals surface area contributed by atoms with Crippen LogP contribution in [0, 0.1) is 0 Å². The van der Waals surface area contributed by atoms with Gasteiger partial charge in [0, 0.05) is 30.9 Å². The maximum atomic E-state index is 6.18. The summed E-state index contributed by atoms with van der Waals surface area (Å²) in [6, 6.07) is 3.90. The number of aromatic nitrogens is 1. The van der Waals surface area contributed by atoms with Crippen LogP contribution in [0.2, 0.25) is 0 Å². The highest BCUT2D eigenvalue weighted by Crippen LogP contribution is 2.30. The predicted molar refractivity (Wildman–Crippen MR) is 82.3 cm³/mol. The van der Waals surface area contributed by atoms with Gasteiger partial charge in [-0.1, -0.05) is 0 Å². The van der Waals surface area contributed by atoms with E-state index in [9.17, 15) is 0 Å². The smallest absolute Gasteiger partial charge is 0.0717 e. The Morgan fingerprint density at radius 2 is 2.06 bits per heavy atom. The summed E-state index contributed by atoms with van der Waals surface area (Å²) < 4.78 is 3.00. The molecule has 1 atom stereocenters. The minimum atomic E-state index is -0.104. The summed E-state index contributed by atoms with van der Waals surface area (Å²) in [4.78, 5) is 5.60. The van der Waals surface area contributed by atoms with Crippen LogP contribution in [0.4, 0.5) is 0 Å². The van der Waals surface area contributed by atoms with Crippen molar-refractivity contribution in [2.24, 2.45) is 5.73 Å². The van der Waals surface area contributed by atoms with Crippen molar-refractivity contribution in [2.75, 3.05) is 0 Å². The van der Waals surface area contributed by atoms with E-state index in [4.69, 9.17) is 5.73 Å². The van der Waals surface area contributed by atoms with Crippen molar-refractivity contribution in [2.45, 2.75) is 12.5 Å². The Morgan fingerprint density at radius 1 is 1.29 bits per heavy atom. The standard InChI is InChI=1S/C11H9Br3N2S/c12-6-3-8(14)11(16-5-6)9(15)4-10-7(13)1-2-17-10/h1-3,5,9H,4,15H2. The molecule has 0 saturated carbocycles. The molecular weight excluding hydrogens is 432 g/mol. The molecule has 0 saturated heterocycles. The van der Waals surface area contributed by atoms with Crippen molar-refractivity contribution < 1.29 is 0 Å². The summed E-state index contributed by atoms with van der Waals surface area (Å²) in [5, 5.41) is 2.05. The molecule has 2 heterocycles. The number of rotatable bonds is 3. The van der Waals surface area contributed by atoms with Gasteiger partial charge in [-0.2, -0.15) is 0 Å². The average Bonchev–Trinajstić information content (AvgIpc) is 2.64. The summed E-state index contributed by atoms with van der Waals surface area (Å²) >= 11 is 12.1. The molecule has 0 aliphatic carbocycles. The molecule has 0 aliphatic heterocycles. The van der Waals surface area contributed by atoms with Gasteiger partial charge in [-0.15, -0.1) is 11.3 Å². The largest absolute Gasteiger partial charge is 0.322 e. The van der Waals surface area contributed by atoms with Crippen LogP contribution in [0.15, 0.2) is 37.1 Å². The van der Waals surface area contributed by atoms with Crippen LogP contribution in [0.3, 0.4) is 0 Å². The fourth-order valence-corrected chi connectivity index (χ4v) is 4.32. The van der Waals surface area contributed by atoms with Gasteiger partial charge in [-0.3, -0.25) is 4.98 Å². The summed E-state index contributed by atoms with van der Waals surface area (Å²) in [7, 11) is 0. The quantitative estimate of drug-likeness (QED) is 0.753. The Kier molecular flexibility index (Phi) is 4.77. The summed E-state index contributed by atoms with van der Waals surface area (Å²) in [6.07, 6.45) is 2.55. The number of hydrogen-bond donors (Lipinski definition) is 1. The van der Waals surface area contributed by atoms with Gasteiger partial charge in [0.15, 0.2) is 0 Å². The Morgan fingerprint density at radius 3 is 2.65 bits per heavy atom. The molecule has 90 valence electrons. The zero-order valence-corrected chi connectivity index (χ0v) is 14.2. The van der Waals surface area contributed by atoms with E-state index in [0.29, 0.717) is 0 Å². The average molecular weight is 441 g/mol. The van der Waals surface area contributed by atoms with Crippen LogP contribution in [0.1, 0.15) is 16.6 Å². The molecule has 0 bridgehead atoms. The second-order valence-corrected chi connectivity index (χ2v) is 7.15. The van der Waals surface area contributed by atoms with Gasteiger partial charge in [-0.25, -0.2) is 0 Å². The monoisotopic (exact) mass is 438 g/mol. The molecule has 0 fully saturated rings. The van der Waals surface area contributed by atoms with Gasteiger partial charge < -0.3 is 5.73 Å². The van der Waals surface area contributed by atoms with E-state index in [0.717, 1.165) is 25.5 Å². The molecule has 2 rings (SSSR count). The number of halogens is 3. The molecule has 0 radical (unpaired) electrons. The molecule has 2 nitrogen and oxygen atoms in total. The van der Waals surface area contributed by atoms with E-state index in [1.54, 1.807) is 17.5 Å². The SMILES string of the molecule is NC(Cc1sccc1Br)c1ncc(Br)cc1Br. The third-order valence-electron chi connectivity index (χ3n) is 2.28. The molecule has 6 heteroatoms. The highest BCUT2D eigenvalue weighted by Gasteiger charge is 2.14. The van der Waals surface area contributed by atoms with Crippen molar-refractivity contribution >= 4 is 59.1 Å². The summed E-state index contributed by atoms with van der Waals surface area (Å²) in [5.41, 5.74) is 7.07. The lowest BCUT2D eigenvalue weighted by Crippen LogP contribution is -2.15. The topological polar surface area (TPSA) is 38.9 Å². The van der Waals surface area contributed by atoms with Gasteiger partial charge in [0.05, 0.1) is 11.7 Å². The first kappa shape index (κ1) is 13.7. The number of pyridine rings is 1. The Balaban J connectivity index is 2.20. The van der Waals surface area contributed by atoms with Crippen LogP contribution < -0.4 is 5.73 Å². The fourth-order valence-electron chi connectivity index (χ4n) is 1.47. The lowest BCUT2D eigenvalue weighted by atomic mass is 10.1. The molecular formula is C11H9Br3N2S. The minimum absolute atomic E-state index is 0.104. The first-order valence-electron chi connectivity index (χ1n) is 4.86. The molecule has 0 spiro atoms. The van der Waals surface area contributed by atoms with Gasteiger partial charge >= 0.3 is 0 Å². The van der Waals surface area contributed by atoms with Crippen molar-refractivity contribution in [1.82, 2.24) is 4.98 Å². The molecule has 2 aromatic heterocycles. The summed E-state index contributed by atoms with van der Waals surface area (Å²) in [5.74, 6) is 0. The molecule has 2 aromatic rings. The maximum absolute atomic E-state index is 6.18. The van der Waals surface area contributed by atoms with E-state index >= 15 is 0 Å². The first-order valence-corrected chi connectivity index (χ1v) is 8.12. The van der Waals surface area contributed by atoms with E-state index in [-0.39, 0.29) is 6.04 Å². The van der Waals surface area contributed by atoms with E-state index < -0.39 is 0 Å².